The van der Waals surface area contributed by atoms with E-state index in [4.69, 9.17) is 9.47 Å². The Bertz CT molecular complexity index is 516. The molecule has 0 bridgehead atoms. The molecule has 1 aliphatic carbocycles. The average molecular weight is 341 g/mol. The van der Waals surface area contributed by atoms with Gasteiger partial charge in [-0.2, -0.15) is 0 Å². The maximum absolute atomic E-state index is 12.7. The van der Waals surface area contributed by atoms with Crippen molar-refractivity contribution in [2.24, 2.45) is 0 Å². The van der Waals surface area contributed by atoms with E-state index in [0.717, 1.165) is 37.3 Å². The number of carbonyl (C=O) groups is 1. The molecule has 6 heteroatoms. The molecule has 1 saturated heterocycles. The Morgan fingerprint density at radius 2 is 2.17 bits per heavy atom. The van der Waals surface area contributed by atoms with Crippen LogP contribution in [0.4, 0.5) is 0 Å². The first kappa shape index (κ1) is 18.0. The number of hydrogen-bond donors (Lipinski definition) is 1. The Balaban J connectivity index is 0.00000192. The van der Waals surface area contributed by atoms with Crippen LogP contribution in [0.5, 0.6) is 5.75 Å². The van der Waals surface area contributed by atoms with Gasteiger partial charge in [0.2, 0.25) is 5.91 Å². The Labute approximate surface area is 143 Å². The first-order chi connectivity index (χ1) is 10.8. The predicted octanol–water partition coefficient (Wildman–Crippen LogP) is 1.99. The van der Waals surface area contributed by atoms with Crippen LogP contribution in [-0.2, 0) is 16.1 Å². The highest BCUT2D eigenvalue weighted by Gasteiger charge is 2.34. The second kappa shape index (κ2) is 8.52. The van der Waals surface area contributed by atoms with Gasteiger partial charge < -0.3 is 19.7 Å². The third-order valence-corrected chi connectivity index (χ3v) is 4.26. The van der Waals surface area contributed by atoms with E-state index >= 15 is 0 Å². The molecule has 1 N–H and O–H groups in total. The van der Waals surface area contributed by atoms with E-state index in [9.17, 15) is 4.79 Å². The second-order valence-corrected chi connectivity index (χ2v) is 5.99. The molecule has 1 unspecified atom stereocenters. The lowest BCUT2D eigenvalue weighted by Crippen LogP contribution is -2.45. The van der Waals surface area contributed by atoms with Crippen molar-refractivity contribution in [3.63, 3.8) is 0 Å². The van der Waals surface area contributed by atoms with Gasteiger partial charge in [0.25, 0.3) is 0 Å². The summed E-state index contributed by atoms with van der Waals surface area (Å²) in [7, 11) is 1.67. The number of rotatable bonds is 6. The summed E-state index contributed by atoms with van der Waals surface area (Å²) >= 11 is 0. The second-order valence-electron chi connectivity index (χ2n) is 5.99. The van der Waals surface area contributed by atoms with Crippen molar-refractivity contribution >= 4 is 18.3 Å². The fraction of sp³-hybridized carbons (Fsp3) is 0.588. The molecule has 2 fully saturated rings. The summed E-state index contributed by atoms with van der Waals surface area (Å²) in [6.07, 6.45) is 2.72. The first-order valence-corrected chi connectivity index (χ1v) is 8.00. The number of benzene rings is 1. The molecule has 0 radical (unpaired) electrons. The molecule has 3 rings (SSSR count). The van der Waals surface area contributed by atoms with E-state index < -0.39 is 0 Å². The third-order valence-electron chi connectivity index (χ3n) is 4.26. The minimum Gasteiger partial charge on any atom is -0.496 e. The molecule has 1 saturated carbocycles. The summed E-state index contributed by atoms with van der Waals surface area (Å²) in [4.78, 5) is 14.7. The predicted molar refractivity (Wildman–Crippen MR) is 91.0 cm³/mol. The first-order valence-electron chi connectivity index (χ1n) is 8.00. The Kier molecular flexibility index (Phi) is 6.69. The zero-order valence-electron chi connectivity index (χ0n) is 13.5. The normalized spacial score (nSPS) is 20.5. The minimum atomic E-state index is 0. The standard InChI is InChI=1S/C17H24N2O3.ClH/c1-21-16-5-3-2-4-13(16)11-19(15-6-7-15)17(20)10-14-12-22-9-8-18-14;/h2-5,14-15,18H,6-12H2,1H3;1H. The fourth-order valence-electron chi connectivity index (χ4n) is 2.90. The summed E-state index contributed by atoms with van der Waals surface area (Å²) in [6.45, 7) is 2.81. The quantitative estimate of drug-likeness (QED) is 0.860. The van der Waals surface area contributed by atoms with Gasteiger partial charge in [-0.25, -0.2) is 0 Å². The minimum absolute atomic E-state index is 0. The Morgan fingerprint density at radius 1 is 1.39 bits per heavy atom. The highest BCUT2D eigenvalue weighted by Crippen LogP contribution is 2.31. The van der Waals surface area contributed by atoms with Crippen LogP contribution < -0.4 is 10.1 Å². The lowest BCUT2D eigenvalue weighted by atomic mass is 10.1. The molecule has 1 aliphatic heterocycles. The zero-order valence-corrected chi connectivity index (χ0v) is 14.3. The SMILES string of the molecule is COc1ccccc1CN(C(=O)CC1COCCN1)C1CC1.Cl. The smallest absolute Gasteiger partial charge is 0.224 e. The van der Waals surface area contributed by atoms with Crippen molar-refractivity contribution in [1.82, 2.24) is 10.2 Å². The number of ether oxygens (including phenoxy) is 2. The lowest BCUT2D eigenvalue weighted by Gasteiger charge is -2.28. The van der Waals surface area contributed by atoms with Gasteiger partial charge in [0.1, 0.15) is 5.75 Å². The van der Waals surface area contributed by atoms with Crippen molar-refractivity contribution in [3.05, 3.63) is 29.8 Å². The van der Waals surface area contributed by atoms with Crippen LogP contribution in [0, 0.1) is 0 Å². The van der Waals surface area contributed by atoms with Gasteiger partial charge in [0.15, 0.2) is 0 Å². The molecule has 1 aromatic rings. The van der Waals surface area contributed by atoms with Gasteiger partial charge in [-0.1, -0.05) is 18.2 Å². The molecule has 23 heavy (non-hydrogen) atoms. The summed E-state index contributed by atoms with van der Waals surface area (Å²) in [5.74, 6) is 1.05. The summed E-state index contributed by atoms with van der Waals surface area (Å²) in [5.41, 5.74) is 1.07. The van der Waals surface area contributed by atoms with Crippen molar-refractivity contribution < 1.29 is 14.3 Å². The molecule has 128 valence electrons. The van der Waals surface area contributed by atoms with Gasteiger partial charge in [-0.3, -0.25) is 4.79 Å². The van der Waals surface area contributed by atoms with E-state index in [1.165, 1.54) is 0 Å². The van der Waals surface area contributed by atoms with Gasteiger partial charge in [-0.15, -0.1) is 12.4 Å². The van der Waals surface area contributed by atoms with Crippen LogP contribution >= 0.6 is 12.4 Å². The van der Waals surface area contributed by atoms with Gasteiger partial charge in [0.05, 0.1) is 20.3 Å². The largest absolute Gasteiger partial charge is 0.496 e. The van der Waals surface area contributed by atoms with E-state index in [-0.39, 0.29) is 24.4 Å². The zero-order chi connectivity index (χ0) is 15.4. The summed E-state index contributed by atoms with van der Waals surface area (Å²) < 4.78 is 10.8. The lowest BCUT2D eigenvalue weighted by molar-refractivity contribution is -0.133. The monoisotopic (exact) mass is 340 g/mol. The van der Waals surface area contributed by atoms with Crippen molar-refractivity contribution in [2.45, 2.75) is 37.9 Å². The van der Waals surface area contributed by atoms with E-state index in [1.807, 2.05) is 29.2 Å². The molecule has 2 aliphatic rings. The van der Waals surface area contributed by atoms with Crippen LogP contribution in [0.1, 0.15) is 24.8 Å². The highest BCUT2D eigenvalue weighted by molar-refractivity contribution is 5.85. The van der Waals surface area contributed by atoms with Crippen LogP contribution in [-0.4, -0.2) is 49.8 Å². The number of para-hydroxylation sites is 1. The number of amides is 1. The molecule has 0 aromatic heterocycles. The van der Waals surface area contributed by atoms with Gasteiger partial charge >= 0.3 is 0 Å². The van der Waals surface area contributed by atoms with E-state index in [1.54, 1.807) is 7.11 Å². The maximum atomic E-state index is 12.7. The van der Waals surface area contributed by atoms with Crippen molar-refractivity contribution in [3.8, 4) is 5.75 Å². The number of carbonyl (C=O) groups excluding carboxylic acids is 1. The number of nitrogens with one attached hydrogen (secondary N) is 1. The number of halogens is 1. The van der Waals surface area contributed by atoms with Crippen LogP contribution in [0.3, 0.4) is 0 Å². The number of morpholine rings is 1. The van der Waals surface area contributed by atoms with Crippen molar-refractivity contribution in [1.29, 1.82) is 0 Å². The van der Waals surface area contributed by atoms with Crippen molar-refractivity contribution in [2.75, 3.05) is 26.9 Å². The number of methoxy groups -OCH3 is 1. The summed E-state index contributed by atoms with van der Waals surface area (Å²) in [6, 6.07) is 8.45. The van der Waals surface area contributed by atoms with Gasteiger partial charge in [0, 0.05) is 37.2 Å². The summed E-state index contributed by atoms with van der Waals surface area (Å²) in [5, 5.41) is 3.35. The number of nitrogens with zero attached hydrogens (tertiary/aromatic N) is 1. The Hall–Kier alpha value is -1.30. The van der Waals surface area contributed by atoms with Crippen LogP contribution in [0.2, 0.25) is 0 Å². The number of hydrogen-bond acceptors (Lipinski definition) is 4. The Morgan fingerprint density at radius 3 is 2.83 bits per heavy atom. The molecule has 5 nitrogen and oxygen atoms in total. The van der Waals surface area contributed by atoms with E-state index in [2.05, 4.69) is 5.32 Å². The molecule has 1 amide bonds. The molecular weight excluding hydrogens is 316 g/mol. The fourth-order valence-corrected chi connectivity index (χ4v) is 2.90. The molecular formula is C17H25ClN2O3. The molecule has 1 heterocycles. The average Bonchev–Trinajstić information content (AvgIpc) is 3.38. The van der Waals surface area contributed by atoms with E-state index in [0.29, 0.717) is 25.6 Å². The van der Waals surface area contributed by atoms with Crippen LogP contribution in [0.25, 0.3) is 0 Å². The molecule has 1 atom stereocenters. The maximum Gasteiger partial charge on any atom is 0.224 e. The molecule has 1 aromatic carbocycles. The van der Waals surface area contributed by atoms with Gasteiger partial charge in [-0.05, 0) is 18.9 Å². The van der Waals surface area contributed by atoms with Crippen LogP contribution in [0.15, 0.2) is 24.3 Å². The highest BCUT2D eigenvalue weighted by atomic mass is 35.5. The molecule has 0 spiro atoms. The third kappa shape index (κ3) is 4.83. The topological polar surface area (TPSA) is 50.8 Å².